The van der Waals surface area contributed by atoms with E-state index in [0.717, 1.165) is 6.42 Å². The first-order valence-corrected chi connectivity index (χ1v) is 7.19. The summed E-state index contributed by atoms with van der Waals surface area (Å²) in [5.74, 6) is -0.643. The minimum Gasteiger partial charge on any atom is -0.340 e. The minimum absolute atomic E-state index is 0.253. The van der Waals surface area contributed by atoms with Crippen LogP contribution in [-0.4, -0.2) is 23.8 Å². The Morgan fingerprint density at radius 2 is 2.14 bits per heavy atom. The summed E-state index contributed by atoms with van der Waals surface area (Å²) in [5, 5.41) is 4.93. The number of hydrogen-bond acceptors (Lipinski definition) is 3. The third-order valence-electron chi connectivity index (χ3n) is 3.65. The average Bonchev–Trinajstić information content (AvgIpc) is 2.68. The maximum atomic E-state index is 12.3. The third-order valence-corrected chi connectivity index (χ3v) is 3.65. The van der Waals surface area contributed by atoms with E-state index in [1.807, 2.05) is 18.2 Å². The van der Waals surface area contributed by atoms with Gasteiger partial charge in [-0.05, 0) is 30.9 Å². The van der Waals surface area contributed by atoms with Crippen molar-refractivity contribution >= 4 is 17.7 Å². The van der Waals surface area contributed by atoms with E-state index in [0.29, 0.717) is 17.9 Å². The number of piperidine rings is 1. The Morgan fingerprint density at radius 1 is 1.38 bits per heavy atom. The molecule has 1 saturated heterocycles. The molecule has 5 nitrogen and oxygen atoms in total. The number of imide groups is 1. The van der Waals surface area contributed by atoms with Gasteiger partial charge in [0, 0.05) is 12.0 Å². The Bertz CT molecular complexity index is 556. The molecule has 1 aliphatic carbocycles. The fourth-order valence-corrected chi connectivity index (χ4v) is 2.30. The lowest BCUT2D eigenvalue weighted by atomic mass is 9.98. The normalized spacial score (nSPS) is 22.3. The second kappa shape index (κ2) is 6.52. The fourth-order valence-electron chi connectivity index (χ4n) is 2.30. The smallest absolute Gasteiger partial charge is 0.251 e. The quantitative estimate of drug-likeness (QED) is 0.770. The van der Waals surface area contributed by atoms with Crippen molar-refractivity contribution in [2.75, 3.05) is 0 Å². The topological polar surface area (TPSA) is 75.3 Å². The molecule has 2 rings (SSSR count). The van der Waals surface area contributed by atoms with Gasteiger partial charge in [0.15, 0.2) is 0 Å². The molecule has 3 amide bonds. The third kappa shape index (κ3) is 3.90. The molecule has 2 N–H and O–H groups in total. The number of amides is 3. The van der Waals surface area contributed by atoms with Crippen molar-refractivity contribution in [1.82, 2.24) is 10.6 Å². The van der Waals surface area contributed by atoms with Gasteiger partial charge in [-0.1, -0.05) is 31.6 Å². The summed E-state index contributed by atoms with van der Waals surface area (Å²) in [7, 11) is 0. The molecular weight excluding hydrogens is 268 g/mol. The Hall–Kier alpha value is -2.17. The van der Waals surface area contributed by atoms with E-state index in [-0.39, 0.29) is 18.2 Å². The molecule has 0 spiro atoms. The van der Waals surface area contributed by atoms with Gasteiger partial charge in [0.05, 0.1) is 0 Å². The summed E-state index contributed by atoms with van der Waals surface area (Å²) in [6.45, 7) is 4.17. The zero-order valence-corrected chi connectivity index (χ0v) is 12.3. The van der Waals surface area contributed by atoms with Gasteiger partial charge in [-0.3, -0.25) is 19.7 Å². The Labute approximate surface area is 124 Å². The van der Waals surface area contributed by atoms with Crippen molar-refractivity contribution in [3.05, 3.63) is 35.5 Å². The molecule has 1 unspecified atom stereocenters. The number of rotatable bonds is 3. The Kier molecular flexibility index (Phi) is 4.73. The molecular formula is C16H20N2O3. The van der Waals surface area contributed by atoms with E-state index >= 15 is 0 Å². The molecule has 0 bridgehead atoms. The number of nitrogens with one attached hydrogen (secondary N) is 2. The molecule has 21 heavy (non-hydrogen) atoms. The molecule has 0 saturated carbocycles. The molecule has 2 aliphatic rings. The number of allylic oxidation sites excluding steroid dienone is 4. The monoisotopic (exact) mass is 288 g/mol. The fraction of sp³-hybridized carbons (Fsp3) is 0.438. The van der Waals surface area contributed by atoms with Gasteiger partial charge in [0.25, 0.3) is 5.91 Å². The van der Waals surface area contributed by atoms with Gasteiger partial charge in [-0.2, -0.15) is 0 Å². The van der Waals surface area contributed by atoms with Crippen molar-refractivity contribution < 1.29 is 14.4 Å². The lowest BCUT2D eigenvalue weighted by Crippen LogP contribution is -2.52. The Balaban J connectivity index is 2.07. The molecule has 5 heteroatoms. The maximum absolute atomic E-state index is 12.3. The van der Waals surface area contributed by atoms with E-state index in [2.05, 4.69) is 24.5 Å². The second-order valence-corrected chi connectivity index (χ2v) is 5.61. The highest BCUT2D eigenvalue weighted by Crippen LogP contribution is 2.20. The van der Waals surface area contributed by atoms with Gasteiger partial charge in [-0.15, -0.1) is 0 Å². The van der Waals surface area contributed by atoms with Crippen LogP contribution < -0.4 is 10.6 Å². The van der Waals surface area contributed by atoms with Crippen LogP contribution in [0.2, 0.25) is 0 Å². The lowest BCUT2D eigenvalue weighted by molar-refractivity contribution is -0.136. The first-order chi connectivity index (χ1) is 9.97. The van der Waals surface area contributed by atoms with E-state index in [1.165, 1.54) is 5.57 Å². The average molecular weight is 288 g/mol. The summed E-state index contributed by atoms with van der Waals surface area (Å²) in [5.41, 5.74) is 1.71. The molecule has 1 heterocycles. The molecule has 1 atom stereocenters. The zero-order valence-electron chi connectivity index (χ0n) is 12.3. The van der Waals surface area contributed by atoms with Crippen molar-refractivity contribution in [3.8, 4) is 0 Å². The highest BCUT2D eigenvalue weighted by Gasteiger charge is 2.28. The van der Waals surface area contributed by atoms with Gasteiger partial charge in [-0.25, -0.2) is 0 Å². The van der Waals surface area contributed by atoms with Crippen LogP contribution in [0.25, 0.3) is 0 Å². The summed E-state index contributed by atoms with van der Waals surface area (Å²) < 4.78 is 0. The van der Waals surface area contributed by atoms with Gasteiger partial charge in [0.1, 0.15) is 6.04 Å². The van der Waals surface area contributed by atoms with Crippen LogP contribution in [0, 0.1) is 5.92 Å². The summed E-state index contributed by atoms with van der Waals surface area (Å²) >= 11 is 0. The summed E-state index contributed by atoms with van der Waals surface area (Å²) in [6.07, 6.45) is 8.91. The van der Waals surface area contributed by atoms with Gasteiger partial charge < -0.3 is 5.32 Å². The predicted molar refractivity (Wildman–Crippen MR) is 79.1 cm³/mol. The molecule has 0 aromatic heterocycles. The molecule has 0 aromatic rings. The number of hydrogen-bond donors (Lipinski definition) is 2. The minimum atomic E-state index is -0.640. The summed E-state index contributed by atoms with van der Waals surface area (Å²) in [6, 6.07) is -0.640. The second-order valence-electron chi connectivity index (χ2n) is 5.61. The van der Waals surface area contributed by atoms with Crippen LogP contribution in [0.3, 0.4) is 0 Å². The van der Waals surface area contributed by atoms with E-state index in [9.17, 15) is 14.4 Å². The molecule has 0 aromatic carbocycles. The van der Waals surface area contributed by atoms with E-state index in [4.69, 9.17) is 0 Å². The van der Waals surface area contributed by atoms with Crippen LogP contribution in [0.5, 0.6) is 0 Å². The predicted octanol–water partition coefficient (Wildman–Crippen LogP) is 1.38. The molecule has 112 valence electrons. The van der Waals surface area contributed by atoms with Crippen LogP contribution >= 0.6 is 0 Å². The van der Waals surface area contributed by atoms with Crippen LogP contribution in [0.4, 0.5) is 0 Å². The molecule has 1 fully saturated rings. The van der Waals surface area contributed by atoms with Crippen molar-refractivity contribution in [2.24, 2.45) is 5.92 Å². The molecule has 1 aliphatic heterocycles. The van der Waals surface area contributed by atoms with E-state index in [1.54, 1.807) is 6.08 Å². The van der Waals surface area contributed by atoms with Gasteiger partial charge >= 0.3 is 0 Å². The highest BCUT2D eigenvalue weighted by atomic mass is 16.2. The van der Waals surface area contributed by atoms with Crippen molar-refractivity contribution in [2.45, 2.75) is 39.2 Å². The van der Waals surface area contributed by atoms with Crippen LogP contribution in [-0.2, 0) is 14.4 Å². The molecule has 0 radical (unpaired) electrons. The summed E-state index contributed by atoms with van der Waals surface area (Å²) in [4.78, 5) is 35.1. The zero-order chi connectivity index (χ0) is 15.4. The van der Waals surface area contributed by atoms with Crippen molar-refractivity contribution in [1.29, 1.82) is 0 Å². The SMILES string of the molecule is CC(C)C1=CC(C(=O)NC2CCC(=O)NC2=O)=CC=CC1. The van der Waals surface area contributed by atoms with E-state index < -0.39 is 11.9 Å². The number of carbonyl (C=O) groups is 3. The van der Waals surface area contributed by atoms with Crippen molar-refractivity contribution in [3.63, 3.8) is 0 Å². The van der Waals surface area contributed by atoms with Gasteiger partial charge in [0.2, 0.25) is 11.8 Å². The standard InChI is InChI=1S/C16H20N2O3/c1-10(2)11-5-3-4-6-12(9-11)15(20)17-13-7-8-14(19)18-16(13)21/h3-4,6,9-10,13H,5,7-8H2,1-2H3,(H,17,20)(H,18,19,21). The first-order valence-electron chi connectivity index (χ1n) is 7.19. The Morgan fingerprint density at radius 3 is 2.81 bits per heavy atom. The maximum Gasteiger partial charge on any atom is 0.251 e. The number of carbonyl (C=O) groups excluding carboxylic acids is 3. The van der Waals surface area contributed by atoms with Crippen LogP contribution in [0.1, 0.15) is 33.1 Å². The largest absolute Gasteiger partial charge is 0.340 e. The lowest BCUT2D eigenvalue weighted by Gasteiger charge is -2.22. The first kappa shape index (κ1) is 15.2. The van der Waals surface area contributed by atoms with Crippen LogP contribution in [0.15, 0.2) is 35.5 Å². The highest BCUT2D eigenvalue weighted by molar-refractivity contribution is 6.04.